The molecule has 10 heteroatoms. The van der Waals surface area contributed by atoms with E-state index in [0.717, 1.165) is 12.8 Å². The third kappa shape index (κ3) is 5.57. The maximum Gasteiger partial charge on any atom is 0.254 e. The molecule has 40 heavy (non-hydrogen) atoms. The molecule has 208 valence electrons. The monoisotopic (exact) mass is 580 g/mol. The second kappa shape index (κ2) is 12.4. The van der Waals surface area contributed by atoms with Crippen molar-refractivity contribution in [2.24, 2.45) is 5.92 Å². The largest absolute Gasteiger partial charge is 0.359 e. The number of carbonyl (C=O) groups excluding carboxylic acids is 3. The Morgan fingerprint density at radius 3 is 2.52 bits per heavy atom. The Morgan fingerprint density at radius 1 is 1.00 bits per heavy atom. The van der Waals surface area contributed by atoms with E-state index in [-0.39, 0.29) is 18.4 Å². The topological polar surface area (TPSA) is 101 Å². The highest BCUT2D eigenvalue weighted by Gasteiger charge is 2.50. The molecule has 1 aromatic heterocycles. The average molecular weight is 582 g/mol. The number of pyridine rings is 1. The number of benzene rings is 2. The van der Waals surface area contributed by atoms with Gasteiger partial charge in [-0.3, -0.25) is 24.2 Å². The average Bonchev–Trinajstić information content (AvgIpc) is 2.97. The Balaban J connectivity index is 1.60. The van der Waals surface area contributed by atoms with Crippen LogP contribution in [0.15, 0.2) is 66.9 Å². The molecule has 1 fully saturated rings. The van der Waals surface area contributed by atoms with Gasteiger partial charge in [0.25, 0.3) is 11.8 Å². The van der Waals surface area contributed by atoms with Crippen LogP contribution in [0.1, 0.15) is 64.8 Å². The summed E-state index contributed by atoms with van der Waals surface area (Å²) in [4.78, 5) is 52.8. The molecule has 3 aromatic rings. The molecule has 0 radical (unpaired) electrons. The molecule has 3 amide bonds. The van der Waals surface area contributed by atoms with Crippen molar-refractivity contribution in [1.82, 2.24) is 20.7 Å². The van der Waals surface area contributed by atoms with E-state index in [9.17, 15) is 14.4 Å². The van der Waals surface area contributed by atoms with E-state index in [2.05, 4.69) is 15.8 Å². The highest BCUT2D eigenvalue weighted by Crippen LogP contribution is 2.48. The van der Waals surface area contributed by atoms with Gasteiger partial charge in [-0.05, 0) is 54.3 Å². The van der Waals surface area contributed by atoms with Crippen LogP contribution in [-0.4, -0.2) is 40.7 Å². The van der Waals surface area contributed by atoms with Gasteiger partial charge in [-0.15, -0.1) is 0 Å². The number of hydrogen-bond acceptors (Lipinski definition) is 5. The number of hydrogen-bond donors (Lipinski definition) is 2. The fourth-order valence-electron chi connectivity index (χ4n) is 5.93. The molecule has 0 saturated heterocycles. The van der Waals surface area contributed by atoms with Crippen LogP contribution in [0.4, 0.5) is 0 Å². The Bertz CT molecular complexity index is 1400. The van der Waals surface area contributed by atoms with Gasteiger partial charge in [-0.1, -0.05) is 66.4 Å². The maximum atomic E-state index is 14.3. The summed E-state index contributed by atoms with van der Waals surface area (Å²) in [5.74, 6) is -2.11. The Hall–Kier alpha value is -3.46. The van der Waals surface area contributed by atoms with E-state index < -0.39 is 29.8 Å². The minimum Gasteiger partial charge on any atom is -0.359 e. The number of carbonyl (C=O) groups is 3. The first-order valence-corrected chi connectivity index (χ1v) is 14.1. The zero-order valence-corrected chi connectivity index (χ0v) is 23.5. The Kier molecular flexibility index (Phi) is 8.69. The molecule has 5 rings (SSSR count). The minimum atomic E-state index is -0.872. The summed E-state index contributed by atoms with van der Waals surface area (Å²) in [6.07, 6.45) is 4.64. The molecular formula is C30H30Cl2N4O4. The van der Waals surface area contributed by atoms with Crippen molar-refractivity contribution in [3.05, 3.63) is 99.3 Å². The van der Waals surface area contributed by atoms with Gasteiger partial charge in [0.2, 0.25) is 5.91 Å². The number of aromatic nitrogens is 1. The fraction of sp³-hybridized carbons (Fsp3) is 0.333. The molecule has 1 aliphatic carbocycles. The lowest BCUT2D eigenvalue weighted by atomic mass is 9.75. The van der Waals surface area contributed by atoms with Crippen LogP contribution in [0.3, 0.4) is 0 Å². The Labute approximate surface area is 243 Å². The van der Waals surface area contributed by atoms with E-state index in [1.165, 1.54) is 0 Å². The van der Waals surface area contributed by atoms with Crippen LogP contribution in [0.5, 0.6) is 0 Å². The van der Waals surface area contributed by atoms with Crippen molar-refractivity contribution < 1.29 is 19.2 Å². The quantitative estimate of drug-likeness (QED) is 0.373. The summed E-state index contributed by atoms with van der Waals surface area (Å²) in [6.45, 7) is 0.0668. The number of fused-ring (bicyclic) bond motifs is 1. The lowest BCUT2D eigenvalue weighted by Gasteiger charge is -2.48. The van der Waals surface area contributed by atoms with Crippen molar-refractivity contribution >= 4 is 40.9 Å². The maximum absolute atomic E-state index is 14.3. The van der Waals surface area contributed by atoms with Crippen molar-refractivity contribution in [3.8, 4) is 0 Å². The van der Waals surface area contributed by atoms with Gasteiger partial charge >= 0.3 is 0 Å². The smallest absolute Gasteiger partial charge is 0.254 e. The second-order valence-corrected chi connectivity index (χ2v) is 10.9. The molecule has 2 aliphatic rings. The minimum absolute atomic E-state index is 0.0668. The SMILES string of the molecule is CNC(=O)C1CCCCC1N1C(=O)c2ccccc2C(C(=O)NOCc2ccccn2)C1c1ccc(Cl)cc1Cl. The zero-order chi connectivity index (χ0) is 28.2. The van der Waals surface area contributed by atoms with Crippen molar-refractivity contribution in [1.29, 1.82) is 0 Å². The van der Waals surface area contributed by atoms with Crippen LogP contribution < -0.4 is 10.8 Å². The van der Waals surface area contributed by atoms with E-state index >= 15 is 0 Å². The number of nitrogens with one attached hydrogen (secondary N) is 2. The normalized spacial score (nSPS) is 22.4. The van der Waals surface area contributed by atoms with Crippen molar-refractivity contribution in [3.63, 3.8) is 0 Å². The first-order chi connectivity index (χ1) is 19.4. The molecule has 2 heterocycles. The predicted octanol–water partition coefficient (Wildman–Crippen LogP) is 5.22. The van der Waals surface area contributed by atoms with Crippen LogP contribution >= 0.6 is 23.2 Å². The third-order valence-electron chi connectivity index (χ3n) is 7.73. The highest BCUT2D eigenvalue weighted by atomic mass is 35.5. The number of nitrogens with zero attached hydrogens (tertiary/aromatic N) is 2. The van der Waals surface area contributed by atoms with Crippen LogP contribution in [0, 0.1) is 5.92 Å². The molecular weight excluding hydrogens is 551 g/mol. The number of amides is 3. The van der Waals surface area contributed by atoms with Crippen LogP contribution in [-0.2, 0) is 21.0 Å². The van der Waals surface area contributed by atoms with Gasteiger partial charge < -0.3 is 10.2 Å². The molecule has 4 unspecified atom stereocenters. The summed E-state index contributed by atoms with van der Waals surface area (Å²) in [5, 5.41) is 3.52. The van der Waals surface area contributed by atoms with Gasteiger partial charge in [0.05, 0.1) is 23.6 Å². The lowest BCUT2D eigenvalue weighted by Crippen LogP contribution is -2.56. The lowest BCUT2D eigenvalue weighted by molar-refractivity contribution is -0.138. The highest BCUT2D eigenvalue weighted by molar-refractivity contribution is 6.35. The van der Waals surface area contributed by atoms with Crippen molar-refractivity contribution in [2.45, 2.75) is 50.3 Å². The van der Waals surface area contributed by atoms with E-state index in [0.29, 0.717) is 45.3 Å². The molecule has 1 saturated carbocycles. The van der Waals surface area contributed by atoms with Gasteiger partial charge in [0, 0.05) is 34.9 Å². The summed E-state index contributed by atoms with van der Waals surface area (Å²) >= 11 is 13.0. The van der Waals surface area contributed by atoms with E-state index in [1.54, 1.807) is 72.7 Å². The zero-order valence-electron chi connectivity index (χ0n) is 22.0. The second-order valence-electron chi connectivity index (χ2n) is 10.0. The molecule has 1 aliphatic heterocycles. The molecule has 2 aromatic carbocycles. The predicted molar refractivity (Wildman–Crippen MR) is 152 cm³/mol. The molecule has 4 atom stereocenters. The van der Waals surface area contributed by atoms with E-state index in [1.807, 2.05) is 6.07 Å². The molecule has 2 N–H and O–H groups in total. The van der Waals surface area contributed by atoms with Crippen molar-refractivity contribution in [2.75, 3.05) is 7.05 Å². The number of hydroxylamine groups is 1. The molecule has 0 spiro atoms. The van der Waals surface area contributed by atoms with Gasteiger partial charge in [-0.25, -0.2) is 5.48 Å². The van der Waals surface area contributed by atoms with Crippen LogP contribution in [0.25, 0.3) is 0 Å². The van der Waals surface area contributed by atoms with E-state index in [4.69, 9.17) is 28.0 Å². The van der Waals surface area contributed by atoms with Gasteiger partial charge in [-0.2, -0.15) is 0 Å². The Morgan fingerprint density at radius 2 is 1.77 bits per heavy atom. The summed E-state index contributed by atoms with van der Waals surface area (Å²) in [6, 6.07) is 16.3. The van der Waals surface area contributed by atoms with Gasteiger partial charge in [0.15, 0.2) is 0 Å². The summed E-state index contributed by atoms with van der Waals surface area (Å²) in [5.41, 5.74) is 4.78. The number of rotatable bonds is 7. The summed E-state index contributed by atoms with van der Waals surface area (Å²) in [7, 11) is 1.60. The van der Waals surface area contributed by atoms with Gasteiger partial charge in [0.1, 0.15) is 6.61 Å². The standard InChI is InChI=1S/C30H30Cl2N4O4/c1-33-28(37)23-11-4-5-12-25(23)36-27(22-14-13-18(31)16-24(22)32)26(20-9-2-3-10-21(20)30(36)39)29(38)35-40-17-19-8-6-7-15-34-19/h2-3,6-10,13-16,23,25-27H,4-5,11-12,17H2,1H3,(H,33,37)(H,35,38). The fourth-order valence-corrected chi connectivity index (χ4v) is 6.46. The summed E-state index contributed by atoms with van der Waals surface area (Å²) < 4.78 is 0. The third-order valence-corrected chi connectivity index (χ3v) is 8.29. The first kappa shape index (κ1) is 28.1. The van der Waals surface area contributed by atoms with Crippen LogP contribution in [0.2, 0.25) is 10.0 Å². The first-order valence-electron chi connectivity index (χ1n) is 13.3. The molecule has 0 bridgehead atoms. The number of halogens is 2. The molecule has 8 nitrogen and oxygen atoms in total.